The summed E-state index contributed by atoms with van der Waals surface area (Å²) in [6.45, 7) is 5.33. The second-order valence-corrected chi connectivity index (χ2v) is 5.45. The van der Waals surface area contributed by atoms with E-state index in [4.69, 9.17) is 22.1 Å². The molecule has 0 amide bonds. The summed E-state index contributed by atoms with van der Waals surface area (Å²) in [7, 11) is 0. The number of benzene rings is 2. The van der Waals surface area contributed by atoms with E-state index in [1.54, 1.807) is 0 Å². The second kappa shape index (κ2) is 6.78. The van der Waals surface area contributed by atoms with Crippen molar-refractivity contribution < 1.29 is 4.74 Å². The van der Waals surface area contributed by atoms with E-state index in [1.165, 1.54) is 16.7 Å². The van der Waals surface area contributed by atoms with E-state index in [2.05, 4.69) is 32.0 Å². The number of hydrogen-bond acceptors (Lipinski definition) is 2. The van der Waals surface area contributed by atoms with Gasteiger partial charge in [-0.25, -0.2) is 0 Å². The summed E-state index contributed by atoms with van der Waals surface area (Å²) >= 11 is 6.02. The molecule has 106 valence electrons. The summed E-state index contributed by atoms with van der Waals surface area (Å²) < 4.78 is 5.95. The molecule has 0 atom stereocenters. The Morgan fingerprint density at radius 2 is 1.85 bits per heavy atom. The van der Waals surface area contributed by atoms with Crippen LogP contribution in [0.5, 0.6) is 5.75 Å². The van der Waals surface area contributed by atoms with Crippen molar-refractivity contribution in [3.05, 3.63) is 63.7 Å². The molecule has 2 rings (SSSR count). The fraction of sp³-hybridized carbons (Fsp3) is 0.294. The minimum atomic E-state index is 0.562. The molecule has 2 aromatic carbocycles. The molecule has 0 bridgehead atoms. The van der Waals surface area contributed by atoms with E-state index in [9.17, 15) is 0 Å². The highest BCUT2D eigenvalue weighted by atomic mass is 35.5. The van der Waals surface area contributed by atoms with Crippen molar-refractivity contribution in [1.29, 1.82) is 0 Å². The number of nitrogens with two attached hydrogens (primary N) is 1. The maximum atomic E-state index is 6.02. The summed E-state index contributed by atoms with van der Waals surface area (Å²) in [5, 5.41) is 0.715. The Morgan fingerprint density at radius 3 is 2.60 bits per heavy atom. The van der Waals surface area contributed by atoms with Crippen LogP contribution in [-0.2, 0) is 13.0 Å². The van der Waals surface area contributed by atoms with Gasteiger partial charge in [0.05, 0.1) is 0 Å². The standard InChI is InChI=1S/C17H20ClNO/c1-12-3-4-13(2)15(9-12)11-20-17-6-5-16(18)10-14(17)7-8-19/h3-6,9-10H,7-8,11,19H2,1-2H3. The third-order valence-corrected chi connectivity index (χ3v) is 3.56. The van der Waals surface area contributed by atoms with Gasteiger partial charge < -0.3 is 10.5 Å². The van der Waals surface area contributed by atoms with Gasteiger partial charge in [-0.2, -0.15) is 0 Å². The van der Waals surface area contributed by atoms with Gasteiger partial charge in [-0.3, -0.25) is 0 Å². The smallest absolute Gasteiger partial charge is 0.123 e. The molecule has 0 aliphatic heterocycles. The van der Waals surface area contributed by atoms with Gasteiger partial charge in [0.2, 0.25) is 0 Å². The molecule has 2 nitrogen and oxygen atoms in total. The van der Waals surface area contributed by atoms with Crippen LogP contribution in [-0.4, -0.2) is 6.54 Å². The highest BCUT2D eigenvalue weighted by molar-refractivity contribution is 6.30. The van der Waals surface area contributed by atoms with Crippen LogP contribution in [0.15, 0.2) is 36.4 Å². The Hall–Kier alpha value is -1.51. The van der Waals surface area contributed by atoms with Crippen molar-refractivity contribution in [1.82, 2.24) is 0 Å². The predicted octanol–water partition coefficient (Wildman–Crippen LogP) is 4.04. The number of halogens is 1. The van der Waals surface area contributed by atoms with Crippen molar-refractivity contribution in [2.45, 2.75) is 26.9 Å². The molecular weight excluding hydrogens is 270 g/mol. The van der Waals surface area contributed by atoms with Crippen LogP contribution in [0.1, 0.15) is 22.3 Å². The summed E-state index contributed by atoms with van der Waals surface area (Å²) in [5.74, 6) is 0.862. The van der Waals surface area contributed by atoms with Crippen LogP contribution in [0.4, 0.5) is 0 Å². The summed E-state index contributed by atoms with van der Waals surface area (Å²) in [6.07, 6.45) is 0.767. The van der Waals surface area contributed by atoms with Crippen LogP contribution < -0.4 is 10.5 Å². The molecule has 0 saturated carbocycles. The van der Waals surface area contributed by atoms with Crippen molar-refractivity contribution >= 4 is 11.6 Å². The average Bonchev–Trinajstić information content (AvgIpc) is 2.42. The zero-order chi connectivity index (χ0) is 14.5. The molecular formula is C17H20ClNO. The summed E-state index contributed by atoms with van der Waals surface area (Å²) in [5.41, 5.74) is 10.4. The number of hydrogen-bond donors (Lipinski definition) is 1. The molecule has 0 saturated heterocycles. The Kier molecular flexibility index (Phi) is 5.05. The maximum Gasteiger partial charge on any atom is 0.123 e. The quantitative estimate of drug-likeness (QED) is 0.902. The van der Waals surface area contributed by atoms with E-state index in [0.717, 1.165) is 17.7 Å². The normalized spacial score (nSPS) is 10.6. The largest absolute Gasteiger partial charge is 0.489 e. The first-order chi connectivity index (χ1) is 9.60. The minimum absolute atomic E-state index is 0.562. The second-order valence-electron chi connectivity index (χ2n) is 5.01. The first-order valence-corrected chi connectivity index (χ1v) is 7.15. The third-order valence-electron chi connectivity index (χ3n) is 3.32. The molecule has 0 aliphatic rings. The monoisotopic (exact) mass is 289 g/mol. The fourth-order valence-corrected chi connectivity index (χ4v) is 2.35. The van der Waals surface area contributed by atoms with Crippen molar-refractivity contribution in [3.8, 4) is 5.75 Å². The first kappa shape index (κ1) is 14.9. The van der Waals surface area contributed by atoms with Gasteiger partial charge in [-0.15, -0.1) is 0 Å². The topological polar surface area (TPSA) is 35.2 Å². The molecule has 0 radical (unpaired) electrons. The van der Waals surface area contributed by atoms with Crippen LogP contribution in [0.2, 0.25) is 5.02 Å². The Morgan fingerprint density at radius 1 is 1.05 bits per heavy atom. The zero-order valence-corrected chi connectivity index (χ0v) is 12.7. The van der Waals surface area contributed by atoms with Crippen molar-refractivity contribution in [2.75, 3.05) is 6.54 Å². The minimum Gasteiger partial charge on any atom is -0.489 e. The molecule has 3 heteroatoms. The van der Waals surface area contributed by atoms with Gasteiger partial charge in [0, 0.05) is 5.02 Å². The molecule has 2 aromatic rings. The van der Waals surface area contributed by atoms with Gasteiger partial charge >= 0.3 is 0 Å². The van der Waals surface area contributed by atoms with E-state index < -0.39 is 0 Å². The van der Waals surface area contributed by atoms with E-state index in [-0.39, 0.29) is 0 Å². The molecule has 0 unspecified atom stereocenters. The van der Waals surface area contributed by atoms with Crippen LogP contribution in [0.25, 0.3) is 0 Å². The zero-order valence-electron chi connectivity index (χ0n) is 11.9. The Bertz CT molecular complexity index is 596. The molecule has 0 spiro atoms. The van der Waals surface area contributed by atoms with Gasteiger partial charge in [0.1, 0.15) is 12.4 Å². The molecule has 0 heterocycles. The first-order valence-electron chi connectivity index (χ1n) is 6.77. The number of ether oxygens (including phenoxy) is 1. The van der Waals surface area contributed by atoms with Gasteiger partial charge in [-0.05, 0) is 61.7 Å². The van der Waals surface area contributed by atoms with Crippen molar-refractivity contribution in [3.63, 3.8) is 0 Å². The fourth-order valence-electron chi connectivity index (χ4n) is 2.15. The lowest BCUT2D eigenvalue weighted by Gasteiger charge is -2.13. The van der Waals surface area contributed by atoms with Crippen molar-refractivity contribution in [2.24, 2.45) is 5.73 Å². The van der Waals surface area contributed by atoms with E-state index in [1.807, 2.05) is 18.2 Å². The van der Waals surface area contributed by atoms with Gasteiger partial charge in [-0.1, -0.05) is 35.4 Å². The molecule has 0 aliphatic carbocycles. The van der Waals surface area contributed by atoms with E-state index >= 15 is 0 Å². The highest BCUT2D eigenvalue weighted by Gasteiger charge is 2.06. The van der Waals surface area contributed by atoms with Gasteiger partial charge in [0.15, 0.2) is 0 Å². The maximum absolute atomic E-state index is 6.02. The van der Waals surface area contributed by atoms with Crippen LogP contribution in [0, 0.1) is 13.8 Å². The van der Waals surface area contributed by atoms with Crippen LogP contribution >= 0.6 is 11.6 Å². The SMILES string of the molecule is Cc1ccc(C)c(COc2ccc(Cl)cc2CCN)c1. The number of aryl methyl sites for hydroxylation is 2. The third kappa shape index (κ3) is 3.75. The average molecular weight is 290 g/mol. The molecule has 20 heavy (non-hydrogen) atoms. The highest BCUT2D eigenvalue weighted by Crippen LogP contribution is 2.24. The summed E-state index contributed by atoms with van der Waals surface area (Å²) in [4.78, 5) is 0. The molecule has 2 N–H and O–H groups in total. The molecule has 0 aromatic heterocycles. The Labute approximate surface area is 125 Å². The van der Waals surface area contributed by atoms with E-state index in [0.29, 0.717) is 18.2 Å². The van der Waals surface area contributed by atoms with Gasteiger partial charge in [0.25, 0.3) is 0 Å². The lowest BCUT2D eigenvalue weighted by atomic mass is 10.1. The summed E-state index contributed by atoms with van der Waals surface area (Å²) in [6, 6.07) is 12.1. The predicted molar refractivity (Wildman–Crippen MR) is 84.5 cm³/mol. The number of rotatable bonds is 5. The van der Waals surface area contributed by atoms with Crippen LogP contribution in [0.3, 0.4) is 0 Å². The Balaban J connectivity index is 2.16. The lowest BCUT2D eigenvalue weighted by Crippen LogP contribution is -2.06. The molecule has 0 fully saturated rings. The lowest BCUT2D eigenvalue weighted by molar-refractivity contribution is 0.302.